The summed E-state index contributed by atoms with van der Waals surface area (Å²) in [7, 11) is 5.69. The van der Waals surface area contributed by atoms with Gasteiger partial charge in [-0.2, -0.15) is 0 Å². The van der Waals surface area contributed by atoms with Gasteiger partial charge < -0.3 is 24.5 Å². The monoisotopic (exact) mass is 513 g/mol. The van der Waals surface area contributed by atoms with E-state index in [9.17, 15) is 14.7 Å². The number of hydrogen-bond acceptors (Lipinski definition) is 7. The van der Waals surface area contributed by atoms with Crippen LogP contribution < -0.4 is 4.74 Å². The van der Waals surface area contributed by atoms with Gasteiger partial charge in [0.25, 0.3) is 5.91 Å². The third kappa shape index (κ3) is 8.16. The number of fused-ring (bicyclic) bond motifs is 1. The first-order valence-corrected chi connectivity index (χ1v) is 13.4. The number of aliphatic hydroxyl groups is 1. The summed E-state index contributed by atoms with van der Waals surface area (Å²) in [5.74, 6) is 6.14. The summed E-state index contributed by atoms with van der Waals surface area (Å²) in [4.78, 5) is 38.7. The van der Waals surface area contributed by atoms with E-state index in [1.54, 1.807) is 22.1 Å². The van der Waals surface area contributed by atoms with Gasteiger partial charge in [-0.25, -0.2) is 4.98 Å². The molecule has 3 rings (SSSR count). The maximum Gasteiger partial charge on any atom is 0.259 e. The maximum absolute atomic E-state index is 13.5. The molecule has 3 heterocycles. The fourth-order valence-corrected chi connectivity index (χ4v) is 4.69. The van der Waals surface area contributed by atoms with E-state index in [-0.39, 0.29) is 42.4 Å². The maximum atomic E-state index is 13.5. The molecule has 2 aliphatic heterocycles. The van der Waals surface area contributed by atoms with Crippen LogP contribution >= 0.6 is 0 Å². The second-order valence-corrected chi connectivity index (χ2v) is 10.7. The van der Waals surface area contributed by atoms with Gasteiger partial charge in [-0.1, -0.05) is 25.2 Å². The van der Waals surface area contributed by atoms with E-state index in [0.29, 0.717) is 37.2 Å². The summed E-state index contributed by atoms with van der Waals surface area (Å²) < 4.78 is 6.31. The largest absolute Gasteiger partial charge is 0.472 e. The molecule has 0 saturated carbocycles. The van der Waals surface area contributed by atoms with Crippen LogP contribution in [0.25, 0.3) is 0 Å². The molecule has 1 N–H and O–H groups in total. The van der Waals surface area contributed by atoms with Crippen LogP contribution in [0.5, 0.6) is 5.88 Å². The van der Waals surface area contributed by atoms with Gasteiger partial charge in [0.05, 0.1) is 25.7 Å². The van der Waals surface area contributed by atoms with E-state index in [2.05, 4.69) is 21.7 Å². The second kappa shape index (κ2) is 13.8. The summed E-state index contributed by atoms with van der Waals surface area (Å²) in [6, 6.07) is 1.35. The highest BCUT2D eigenvalue weighted by molar-refractivity contribution is 5.97. The molecule has 1 aromatic rings. The number of aromatic nitrogens is 1. The van der Waals surface area contributed by atoms with Crippen LogP contribution in [0.15, 0.2) is 12.3 Å². The van der Waals surface area contributed by atoms with E-state index < -0.39 is 0 Å². The van der Waals surface area contributed by atoms with Crippen molar-refractivity contribution in [2.75, 3.05) is 67.0 Å². The molecule has 204 valence electrons. The number of likely N-dealkylation sites (N-methyl/N-ethyl adjacent to an activating group) is 1. The Balaban J connectivity index is 1.79. The number of carbonyl (C=O) groups excluding carboxylic acids is 2. The van der Waals surface area contributed by atoms with Crippen molar-refractivity contribution in [3.63, 3.8) is 0 Å². The number of ether oxygens (including phenoxy) is 1. The zero-order chi connectivity index (χ0) is 26.9. The molecule has 0 aliphatic carbocycles. The molecule has 37 heavy (non-hydrogen) atoms. The van der Waals surface area contributed by atoms with Crippen molar-refractivity contribution in [3.8, 4) is 17.7 Å². The summed E-state index contributed by atoms with van der Waals surface area (Å²) in [6.45, 7) is 7.98. The van der Waals surface area contributed by atoms with Crippen LogP contribution in [0, 0.1) is 17.8 Å². The normalized spacial score (nSPS) is 21.3. The molecule has 0 spiro atoms. The van der Waals surface area contributed by atoms with Crippen LogP contribution in [-0.2, 0) is 4.79 Å². The van der Waals surface area contributed by atoms with Gasteiger partial charge in [0.1, 0.15) is 11.7 Å². The minimum absolute atomic E-state index is 0.0789. The molecule has 1 saturated heterocycles. The van der Waals surface area contributed by atoms with Crippen molar-refractivity contribution in [2.45, 2.75) is 51.7 Å². The lowest BCUT2D eigenvalue weighted by Gasteiger charge is -2.37. The second-order valence-electron chi connectivity index (χ2n) is 10.7. The van der Waals surface area contributed by atoms with Crippen LogP contribution in [0.1, 0.15) is 55.5 Å². The molecule has 1 aromatic heterocycles. The van der Waals surface area contributed by atoms with Crippen LogP contribution in [-0.4, -0.2) is 121 Å². The lowest BCUT2D eigenvalue weighted by molar-refractivity contribution is -0.131. The Labute approximate surface area is 221 Å². The first-order chi connectivity index (χ1) is 17.7. The summed E-state index contributed by atoms with van der Waals surface area (Å²) in [5.41, 5.74) is 0.956. The number of hydrogen-bond donors (Lipinski definition) is 1. The van der Waals surface area contributed by atoms with Crippen molar-refractivity contribution in [2.24, 2.45) is 5.92 Å². The highest BCUT2D eigenvalue weighted by Crippen LogP contribution is 2.27. The zero-order valence-corrected chi connectivity index (χ0v) is 23.1. The topological polar surface area (TPSA) is 89.5 Å². The van der Waals surface area contributed by atoms with Gasteiger partial charge in [-0.3, -0.25) is 14.5 Å². The number of aliphatic hydroxyl groups excluding tert-OH is 1. The molecule has 0 bridgehead atoms. The van der Waals surface area contributed by atoms with Crippen molar-refractivity contribution < 1.29 is 19.4 Å². The summed E-state index contributed by atoms with van der Waals surface area (Å²) in [5, 5.41) is 9.85. The third-order valence-corrected chi connectivity index (χ3v) is 7.12. The predicted molar refractivity (Wildman–Crippen MR) is 143 cm³/mol. The van der Waals surface area contributed by atoms with E-state index >= 15 is 0 Å². The Kier molecular flexibility index (Phi) is 10.7. The highest BCUT2D eigenvalue weighted by Gasteiger charge is 2.34. The molecule has 2 aliphatic rings. The number of rotatable bonds is 8. The SMILES string of the molecule is C[C@H]1CN([C@@H](C)CO)C(=O)c2cc(C#CCN(C)C)cnc2O[C@H]1CN(C)C(=O)CCN1CCCCC1. The Hall–Kier alpha value is -2.67. The Bertz CT molecular complexity index is 983. The summed E-state index contributed by atoms with van der Waals surface area (Å²) >= 11 is 0. The molecule has 0 unspecified atom stereocenters. The van der Waals surface area contributed by atoms with E-state index in [4.69, 9.17) is 4.74 Å². The first-order valence-electron chi connectivity index (χ1n) is 13.4. The molecular weight excluding hydrogens is 470 g/mol. The first kappa shape index (κ1) is 28.9. The molecule has 3 atom stereocenters. The number of carbonyl (C=O) groups is 2. The summed E-state index contributed by atoms with van der Waals surface area (Å²) in [6.07, 6.45) is 5.42. The molecule has 2 amide bonds. The van der Waals surface area contributed by atoms with Crippen molar-refractivity contribution in [3.05, 3.63) is 23.4 Å². The standard InChI is InChI=1S/C28H43N5O4/c1-21-18-33(22(2)20-34)28(36)24-16-23(10-9-12-30(3)4)17-29-27(24)37-25(21)19-31(5)26(35)11-15-32-13-7-6-8-14-32/h16-17,21-22,25,34H,6-8,11-15,18-20H2,1-5H3/t21-,22-,25-/m0/s1. The van der Waals surface area contributed by atoms with Crippen molar-refractivity contribution in [1.29, 1.82) is 0 Å². The van der Waals surface area contributed by atoms with Gasteiger partial charge in [0.2, 0.25) is 11.8 Å². The van der Waals surface area contributed by atoms with Crippen molar-refractivity contribution in [1.82, 2.24) is 24.6 Å². The number of nitrogens with zero attached hydrogens (tertiary/aromatic N) is 5. The molecule has 9 heteroatoms. The Morgan fingerprint density at radius 3 is 2.68 bits per heavy atom. The average molecular weight is 514 g/mol. The number of pyridine rings is 1. The predicted octanol–water partition coefficient (Wildman–Crippen LogP) is 1.55. The van der Waals surface area contributed by atoms with Gasteiger partial charge in [0, 0.05) is 44.2 Å². The Morgan fingerprint density at radius 1 is 1.27 bits per heavy atom. The average Bonchev–Trinajstić information content (AvgIpc) is 2.89. The third-order valence-electron chi connectivity index (χ3n) is 7.12. The number of likely N-dealkylation sites (tertiary alicyclic amines) is 1. The zero-order valence-electron chi connectivity index (χ0n) is 23.1. The van der Waals surface area contributed by atoms with Crippen molar-refractivity contribution >= 4 is 11.8 Å². The molecule has 9 nitrogen and oxygen atoms in total. The van der Waals surface area contributed by atoms with Gasteiger partial charge in [-0.15, -0.1) is 0 Å². The minimum Gasteiger partial charge on any atom is -0.472 e. The number of piperidine rings is 1. The molecule has 0 aromatic carbocycles. The van der Waals surface area contributed by atoms with E-state index in [1.165, 1.54) is 19.3 Å². The fraction of sp³-hybridized carbons (Fsp3) is 0.679. The number of amides is 2. The van der Waals surface area contributed by atoms with E-state index in [0.717, 1.165) is 19.6 Å². The van der Waals surface area contributed by atoms with Gasteiger partial charge in [-0.05, 0) is 53.0 Å². The molecule has 1 fully saturated rings. The fourth-order valence-electron chi connectivity index (χ4n) is 4.69. The van der Waals surface area contributed by atoms with Gasteiger partial charge >= 0.3 is 0 Å². The van der Waals surface area contributed by atoms with Crippen LogP contribution in [0.3, 0.4) is 0 Å². The lowest BCUT2D eigenvalue weighted by atomic mass is 9.99. The molecule has 0 radical (unpaired) electrons. The van der Waals surface area contributed by atoms with Gasteiger partial charge in [0.15, 0.2) is 0 Å². The Morgan fingerprint density at radius 2 is 2.00 bits per heavy atom. The lowest BCUT2D eigenvalue weighted by Crippen LogP contribution is -2.50. The highest BCUT2D eigenvalue weighted by atomic mass is 16.5. The smallest absolute Gasteiger partial charge is 0.259 e. The van der Waals surface area contributed by atoms with E-state index in [1.807, 2.05) is 39.9 Å². The molecular formula is C28H43N5O4. The minimum atomic E-state index is -0.367. The van der Waals surface area contributed by atoms with Crippen LogP contribution in [0.2, 0.25) is 0 Å². The van der Waals surface area contributed by atoms with Crippen LogP contribution in [0.4, 0.5) is 0 Å². The quantitative estimate of drug-likeness (QED) is 0.528.